The van der Waals surface area contributed by atoms with Crippen molar-refractivity contribution in [3.8, 4) is 0 Å². The average Bonchev–Trinajstić information content (AvgIpc) is 3.17. The molecule has 0 saturated carbocycles. The summed E-state index contributed by atoms with van der Waals surface area (Å²) < 4.78 is 54.4. The van der Waals surface area contributed by atoms with E-state index in [-0.39, 0.29) is 25.3 Å². The third kappa shape index (κ3) is 5.48. The molecule has 0 aromatic carbocycles. The fourth-order valence-electron chi connectivity index (χ4n) is 4.26. The van der Waals surface area contributed by atoms with Gasteiger partial charge in [-0.25, -0.2) is 8.98 Å². The van der Waals surface area contributed by atoms with Crippen molar-refractivity contribution in [2.75, 3.05) is 6.61 Å². The number of ether oxygens (including phenoxy) is 1. The summed E-state index contributed by atoms with van der Waals surface area (Å²) in [6.45, 7) is 22.2. The third-order valence-electron chi connectivity index (χ3n) is 8.95. The van der Waals surface area contributed by atoms with Gasteiger partial charge in [0.2, 0.25) is 0 Å². The zero-order valence-electron chi connectivity index (χ0n) is 25.5. The molecular weight excluding hydrogens is 685 g/mol. The minimum absolute atomic E-state index is 0.0377. The standard InChI is InChI=1S/C25H44IN3O8SSi2/c1-15-13-29(22(31)28(8)20(15)30)21-18(36-40(11,12)24(5,6)7)25(17(27)19(26)38(32,33)37-25)16(35-21)14-34-39(9,10)23(2,3)4/h13,16,18,21H,14,27H2,1-12H3/t16-,18+,21-,25?/m1/s1. The lowest BCUT2D eigenvalue weighted by Gasteiger charge is -2.43. The summed E-state index contributed by atoms with van der Waals surface area (Å²) in [6.07, 6.45) is -1.92. The number of rotatable bonds is 6. The Kier molecular flexibility index (Phi) is 8.77. The number of hydrogen-bond acceptors (Lipinski definition) is 9. The van der Waals surface area contributed by atoms with Gasteiger partial charge in [0.15, 0.2) is 31.4 Å². The Morgan fingerprint density at radius 2 is 1.60 bits per heavy atom. The molecule has 1 fully saturated rings. The van der Waals surface area contributed by atoms with E-state index in [1.54, 1.807) is 29.5 Å². The first kappa shape index (κ1) is 33.7. The molecule has 1 spiro atoms. The second kappa shape index (κ2) is 10.4. The summed E-state index contributed by atoms with van der Waals surface area (Å²) in [4.78, 5) is 26.0. The molecule has 1 unspecified atom stereocenters. The fraction of sp³-hybridized carbons (Fsp3) is 0.760. The molecule has 0 radical (unpaired) electrons. The van der Waals surface area contributed by atoms with Crippen LogP contribution in [-0.2, 0) is 34.9 Å². The van der Waals surface area contributed by atoms with Crippen molar-refractivity contribution >= 4 is 49.3 Å². The van der Waals surface area contributed by atoms with Crippen molar-refractivity contribution in [2.45, 2.75) is 109 Å². The minimum Gasteiger partial charge on any atom is -0.414 e. The second-order valence-corrected chi connectivity index (χ2v) is 26.6. The maximum Gasteiger partial charge on any atom is 0.332 e. The van der Waals surface area contributed by atoms with Gasteiger partial charge in [0, 0.05) is 18.8 Å². The van der Waals surface area contributed by atoms with Crippen LogP contribution in [0.25, 0.3) is 0 Å². The predicted molar refractivity (Wildman–Crippen MR) is 168 cm³/mol. The summed E-state index contributed by atoms with van der Waals surface area (Å²) in [7, 11) is -7.85. The summed E-state index contributed by atoms with van der Waals surface area (Å²) in [5.41, 5.74) is 4.02. The van der Waals surface area contributed by atoms with Crippen molar-refractivity contribution in [2.24, 2.45) is 12.8 Å². The first-order valence-electron chi connectivity index (χ1n) is 13.2. The summed E-state index contributed by atoms with van der Waals surface area (Å²) in [5, 5.41) is -0.429. The molecule has 11 nitrogen and oxygen atoms in total. The summed E-state index contributed by atoms with van der Waals surface area (Å²) in [5.74, 6) is 0. The lowest BCUT2D eigenvalue weighted by Crippen LogP contribution is -2.59. The van der Waals surface area contributed by atoms with Gasteiger partial charge < -0.3 is 19.3 Å². The van der Waals surface area contributed by atoms with Crippen LogP contribution in [-0.4, -0.2) is 58.6 Å². The largest absolute Gasteiger partial charge is 0.414 e. The van der Waals surface area contributed by atoms with Gasteiger partial charge in [-0.15, -0.1) is 0 Å². The van der Waals surface area contributed by atoms with Gasteiger partial charge in [-0.2, -0.15) is 8.42 Å². The zero-order chi connectivity index (χ0) is 31.0. The van der Waals surface area contributed by atoms with Crippen LogP contribution < -0.4 is 17.0 Å². The van der Waals surface area contributed by atoms with Crippen molar-refractivity contribution in [1.29, 1.82) is 0 Å². The highest BCUT2D eigenvalue weighted by atomic mass is 127. The topological polar surface area (TPSA) is 141 Å². The average molecular weight is 730 g/mol. The quantitative estimate of drug-likeness (QED) is 0.263. The molecule has 0 bridgehead atoms. The Morgan fingerprint density at radius 1 is 1.07 bits per heavy atom. The van der Waals surface area contributed by atoms with Gasteiger partial charge in [0.05, 0.1) is 12.3 Å². The van der Waals surface area contributed by atoms with Crippen molar-refractivity contribution in [3.05, 3.63) is 41.2 Å². The molecule has 3 rings (SSSR count). The normalized spacial score (nSPS) is 27.7. The summed E-state index contributed by atoms with van der Waals surface area (Å²) in [6, 6.07) is 0. The monoisotopic (exact) mass is 729 g/mol. The Hall–Kier alpha value is -0.826. The molecule has 228 valence electrons. The smallest absolute Gasteiger partial charge is 0.332 e. The van der Waals surface area contributed by atoms with E-state index in [0.29, 0.717) is 5.56 Å². The molecule has 3 heterocycles. The fourth-order valence-corrected chi connectivity index (χ4v) is 8.38. The minimum atomic E-state index is -4.23. The number of nitrogens with two attached hydrogens (primary N) is 1. The van der Waals surface area contributed by atoms with Crippen LogP contribution in [0.3, 0.4) is 0 Å². The molecule has 40 heavy (non-hydrogen) atoms. The lowest BCUT2D eigenvalue weighted by atomic mass is 9.89. The van der Waals surface area contributed by atoms with E-state index in [4.69, 9.17) is 23.5 Å². The van der Waals surface area contributed by atoms with E-state index in [1.807, 2.05) is 33.9 Å². The van der Waals surface area contributed by atoms with Gasteiger partial charge in [-0.3, -0.25) is 13.9 Å². The number of halogens is 1. The van der Waals surface area contributed by atoms with Crippen molar-refractivity contribution in [3.63, 3.8) is 0 Å². The molecule has 2 aliphatic heterocycles. The molecular formula is C25H44IN3O8SSi2. The van der Waals surface area contributed by atoms with Gasteiger partial charge in [0.25, 0.3) is 5.56 Å². The molecule has 1 aromatic heterocycles. The van der Waals surface area contributed by atoms with Crippen LogP contribution in [0.2, 0.25) is 36.3 Å². The molecule has 15 heteroatoms. The van der Waals surface area contributed by atoms with E-state index in [9.17, 15) is 18.0 Å². The highest BCUT2D eigenvalue weighted by molar-refractivity contribution is 14.1. The Balaban J connectivity index is 2.32. The molecule has 4 atom stereocenters. The maximum atomic E-state index is 13.4. The molecule has 1 aromatic rings. The molecule has 1 saturated heterocycles. The van der Waals surface area contributed by atoms with Gasteiger partial charge in [-0.1, -0.05) is 41.5 Å². The number of hydrogen-bond donors (Lipinski definition) is 1. The lowest BCUT2D eigenvalue weighted by molar-refractivity contribution is -0.0566. The molecule has 0 amide bonds. The van der Waals surface area contributed by atoms with Crippen molar-refractivity contribution in [1.82, 2.24) is 9.13 Å². The van der Waals surface area contributed by atoms with E-state index >= 15 is 0 Å². The highest BCUT2D eigenvalue weighted by Crippen LogP contribution is 2.54. The summed E-state index contributed by atoms with van der Waals surface area (Å²) >= 11 is 1.67. The zero-order valence-corrected chi connectivity index (χ0v) is 30.5. The van der Waals surface area contributed by atoms with Crippen LogP contribution in [0.15, 0.2) is 24.4 Å². The Morgan fingerprint density at radius 3 is 2.05 bits per heavy atom. The Bertz CT molecular complexity index is 1440. The first-order chi connectivity index (χ1) is 17.8. The van der Waals surface area contributed by atoms with Crippen molar-refractivity contribution < 1.29 is 26.2 Å². The SMILES string of the molecule is Cc1cn([C@@H]2O[C@H](CO[Si](C)(C)C(C)(C)C)C3(OS(=O)(=O)C(I)=C3N)[C@H]2O[Si](C)(C)C(C)(C)C)c(=O)n(C)c1=O. The van der Waals surface area contributed by atoms with E-state index < -0.39 is 62.0 Å². The van der Waals surface area contributed by atoms with E-state index in [0.717, 1.165) is 4.57 Å². The van der Waals surface area contributed by atoms with E-state index in [1.165, 1.54) is 17.8 Å². The van der Waals surface area contributed by atoms with Crippen LogP contribution in [0.5, 0.6) is 0 Å². The molecule has 0 aliphatic carbocycles. The van der Waals surface area contributed by atoms with Crippen LogP contribution >= 0.6 is 22.6 Å². The van der Waals surface area contributed by atoms with E-state index in [2.05, 4.69) is 33.9 Å². The number of nitrogens with zero attached hydrogens (tertiary/aromatic N) is 2. The van der Waals surface area contributed by atoms with Gasteiger partial charge in [-0.05, 0) is 65.8 Å². The second-order valence-electron chi connectivity index (χ2n) is 13.8. The molecule has 2 aliphatic rings. The number of aromatic nitrogens is 2. The number of aryl methyl sites for hydroxylation is 1. The van der Waals surface area contributed by atoms with Crippen LogP contribution in [0, 0.1) is 6.92 Å². The van der Waals surface area contributed by atoms with Gasteiger partial charge in [0.1, 0.15) is 12.2 Å². The highest BCUT2D eigenvalue weighted by Gasteiger charge is 2.69. The molecule has 2 N–H and O–H groups in total. The predicted octanol–water partition coefficient (Wildman–Crippen LogP) is 3.83. The first-order valence-corrected chi connectivity index (χ1v) is 21.5. The maximum absolute atomic E-state index is 13.4. The Labute approximate surface area is 252 Å². The third-order valence-corrected chi connectivity index (χ3v) is 21.3. The van der Waals surface area contributed by atoms with Gasteiger partial charge >= 0.3 is 15.8 Å². The van der Waals surface area contributed by atoms with Crippen LogP contribution in [0.1, 0.15) is 53.3 Å². The van der Waals surface area contributed by atoms with Crippen LogP contribution in [0.4, 0.5) is 0 Å².